The van der Waals surface area contributed by atoms with Gasteiger partial charge in [0, 0.05) is 0 Å². The zero-order valence-corrected chi connectivity index (χ0v) is 12.2. The van der Waals surface area contributed by atoms with Crippen LogP contribution < -0.4 is 0 Å². The summed E-state index contributed by atoms with van der Waals surface area (Å²) < 4.78 is 0. The van der Waals surface area contributed by atoms with Gasteiger partial charge in [-0.15, -0.1) is 0 Å². The highest BCUT2D eigenvalue weighted by Gasteiger charge is 2.12. The van der Waals surface area contributed by atoms with Gasteiger partial charge in [-0.25, -0.2) is 0 Å². The first-order valence-electron chi connectivity index (χ1n) is 7.94. The quantitative estimate of drug-likeness (QED) is 0.543. The van der Waals surface area contributed by atoms with Crippen LogP contribution in [0.1, 0.15) is 69.1 Å². The minimum atomic E-state index is 0.974. The summed E-state index contributed by atoms with van der Waals surface area (Å²) in [6, 6.07) is 7.14. The fourth-order valence-corrected chi connectivity index (χ4v) is 3.04. The molecule has 1 aromatic carbocycles. The smallest absolute Gasteiger partial charge is 0.0235 e. The van der Waals surface area contributed by atoms with Crippen molar-refractivity contribution in [3.8, 4) is 0 Å². The first-order valence-corrected chi connectivity index (χ1v) is 7.94. The highest BCUT2D eigenvalue weighted by molar-refractivity contribution is 5.38. The van der Waals surface area contributed by atoms with Crippen LogP contribution in [0, 0.1) is 5.92 Å². The second kappa shape index (κ2) is 6.97. The van der Waals surface area contributed by atoms with Crippen molar-refractivity contribution in [1.82, 2.24) is 0 Å². The lowest BCUT2D eigenvalue weighted by atomic mass is 9.86. The Labute approximate surface area is 113 Å². The van der Waals surface area contributed by atoms with Crippen molar-refractivity contribution in [2.45, 2.75) is 71.6 Å². The molecular weight excluding hydrogens is 216 g/mol. The van der Waals surface area contributed by atoms with Gasteiger partial charge in [0.1, 0.15) is 0 Å². The van der Waals surface area contributed by atoms with Gasteiger partial charge in [0.2, 0.25) is 0 Å². The maximum Gasteiger partial charge on any atom is -0.0235 e. The number of rotatable bonds is 8. The molecule has 1 aliphatic carbocycles. The van der Waals surface area contributed by atoms with Crippen LogP contribution in [-0.4, -0.2) is 0 Å². The van der Waals surface area contributed by atoms with Gasteiger partial charge in [-0.05, 0) is 48.3 Å². The van der Waals surface area contributed by atoms with Crippen LogP contribution in [0.5, 0.6) is 0 Å². The van der Waals surface area contributed by atoms with Gasteiger partial charge in [-0.3, -0.25) is 0 Å². The lowest BCUT2D eigenvalue weighted by Gasteiger charge is -2.19. The third-order valence-corrected chi connectivity index (χ3v) is 4.67. The largest absolute Gasteiger partial charge is 0.0651 e. The van der Waals surface area contributed by atoms with E-state index >= 15 is 0 Å². The van der Waals surface area contributed by atoms with Crippen molar-refractivity contribution >= 4 is 0 Å². The summed E-state index contributed by atoms with van der Waals surface area (Å²) in [4.78, 5) is 0. The summed E-state index contributed by atoms with van der Waals surface area (Å²) in [7, 11) is 0. The van der Waals surface area contributed by atoms with Crippen molar-refractivity contribution in [2.24, 2.45) is 5.92 Å². The van der Waals surface area contributed by atoms with Crippen LogP contribution in [0.3, 0.4) is 0 Å². The lowest BCUT2D eigenvalue weighted by molar-refractivity contribution is 0.430. The van der Waals surface area contributed by atoms with E-state index in [-0.39, 0.29) is 0 Å². The van der Waals surface area contributed by atoms with E-state index < -0.39 is 0 Å². The molecule has 0 atom stereocenters. The summed E-state index contributed by atoms with van der Waals surface area (Å²) in [6.45, 7) is 4.66. The standard InChI is InChI=1S/C18H28/c1-3-15(4-2)8-6-5-7-9-16-10-11-17-12-13-18(17)14-16/h10-11,14-15H,3-9,12-13H2,1-2H3. The highest BCUT2D eigenvalue weighted by atomic mass is 14.2. The summed E-state index contributed by atoms with van der Waals surface area (Å²) in [5.74, 6) is 0.974. The van der Waals surface area contributed by atoms with Crippen molar-refractivity contribution in [2.75, 3.05) is 0 Å². The predicted octanol–water partition coefficient (Wildman–Crippen LogP) is 5.32. The molecule has 0 heteroatoms. The molecule has 0 spiro atoms. The Morgan fingerprint density at radius 1 is 0.944 bits per heavy atom. The molecule has 2 rings (SSSR count). The molecule has 0 N–H and O–H groups in total. The van der Waals surface area contributed by atoms with Crippen molar-refractivity contribution < 1.29 is 0 Å². The Kier molecular flexibility index (Phi) is 5.28. The first-order chi connectivity index (χ1) is 8.83. The van der Waals surface area contributed by atoms with E-state index in [1.165, 1.54) is 57.8 Å². The molecule has 0 fully saturated rings. The van der Waals surface area contributed by atoms with Crippen LogP contribution in [0.2, 0.25) is 0 Å². The number of unbranched alkanes of at least 4 members (excludes halogenated alkanes) is 2. The minimum absolute atomic E-state index is 0.974. The molecule has 0 aliphatic heterocycles. The number of hydrogen-bond donors (Lipinski definition) is 0. The van der Waals surface area contributed by atoms with Gasteiger partial charge in [0.15, 0.2) is 0 Å². The Morgan fingerprint density at radius 2 is 1.72 bits per heavy atom. The van der Waals surface area contributed by atoms with Crippen LogP contribution in [0.25, 0.3) is 0 Å². The number of fused-ring (bicyclic) bond motifs is 1. The molecule has 0 aromatic heterocycles. The van der Waals surface area contributed by atoms with Crippen molar-refractivity contribution in [3.63, 3.8) is 0 Å². The first kappa shape index (κ1) is 13.6. The lowest BCUT2D eigenvalue weighted by Crippen LogP contribution is -2.08. The van der Waals surface area contributed by atoms with Gasteiger partial charge in [0.05, 0.1) is 0 Å². The molecule has 1 aliphatic rings. The van der Waals surface area contributed by atoms with Crippen molar-refractivity contribution in [1.29, 1.82) is 0 Å². The summed E-state index contributed by atoms with van der Waals surface area (Å²) in [5.41, 5.74) is 4.77. The van der Waals surface area contributed by atoms with E-state index in [0.29, 0.717) is 0 Å². The third-order valence-electron chi connectivity index (χ3n) is 4.67. The molecule has 0 radical (unpaired) electrons. The van der Waals surface area contributed by atoms with E-state index in [9.17, 15) is 0 Å². The Balaban J connectivity index is 1.61. The molecule has 0 amide bonds. The van der Waals surface area contributed by atoms with Gasteiger partial charge in [-0.1, -0.05) is 64.2 Å². The molecular formula is C18H28. The second-order valence-electron chi connectivity index (χ2n) is 5.88. The average Bonchev–Trinajstić information content (AvgIpc) is 2.37. The summed E-state index contributed by atoms with van der Waals surface area (Å²) >= 11 is 0. The maximum atomic E-state index is 2.44. The Hall–Kier alpha value is -0.780. The van der Waals surface area contributed by atoms with E-state index in [1.54, 1.807) is 16.7 Å². The Morgan fingerprint density at radius 3 is 2.33 bits per heavy atom. The monoisotopic (exact) mass is 244 g/mol. The average molecular weight is 244 g/mol. The van der Waals surface area contributed by atoms with Crippen LogP contribution in [-0.2, 0) is 19.3 Å². The normalized spacial score (nSPS) is 13.5. The zero-order valence-electron chi connectivity index (χ0n) is 12.2. The minimum Gasteiger partial charge on any atom is -0.0651 e. The van der Waals surface area contributed by atoms with Gasteiger partial charge in [-0.2, -0.15) is 0 Å². The fraction of sp³-hybridized carbons (Fsp3) is 0.667. The number of aryl methyl sites for hydroxylation is 3. The molecule has 100 valence electrons. The predicted molar refractivity (Wildman–Crippen MR) is 80.1 cm³/mol. The molecule has 0 bridgehead atoms. The number of hydrogen-bond acceptors (Lipinski definition) is 0. The van der Waals surface area contributed by atoms with Crippen LogP contribution in [0.15, 0.2) is 18.2 Å². The van der Waals surface area contributed by atoms with Gasteiger partial charge >= 0.3 is 0 Å². The molecule has 0 nitrogen and oxygen atoms in total. The zero-order chi connectivity index (χ0) is 12.8. The summed E-state index contributed by atoms with van der Waals surface area (Å²) in [6.07, 6.45) is 12.3. The van der Waals surface area contributed by atoms with Crippen molar-refractivity contribution in [3.05, 3.63) is 34.9 Å². The SMILES string of the molecule is CCC(CC)CCCCCc1ccc2c(c1)CC2. The van der Waals surface area contributed by atoms with Gasteiger partial charge in [0.25, 0.3) is 0 Å². The molecule has 0 saturated carbocycles. The molecule has 0 unspecified atom stereocenters. The molecule has 1 aromatic rings. The van der Waals surface area contributed by atoms with E-state index in [1.807, 2.05) is 0 Å². The molecule has 0 saturated heterocycles. The fourth-order valence-electron chi connectivity index (χ4n) is 3.04. The molecule has 18 heavy (non-hydrogen) atoms. The van der Waals surface area contributed by atoms with E-state index in [4.69, 9.17) is 0 Å². The second-order valence-corrected chi connectivity index (χ2v) is 5.88. The van der Waals surface area contributed by atoms with Crippen LogP contribution in [0.4, 0.5) is 0 Å². The Bertz CT molecular complexity index is 360. The van der Waals surface area contributed by atoms with E-state index in [0.717, 1.165) is 5.92 Å². The molecule has 0 heterocycles. The third kappa shape index (κ3) is 3.60. The van der Waals surface area contributed by atoms with E-state index in [2.05, 4.69) is 32.0 Å². The topological polar surface area (TPSA) is 0 Å². The summed E-state index contributed by atoms with van der Waals surface area (Å²) in [5, 5.41) is 0. The number of benzene rings is 1. The maximum absolute atomic E-state index is 2.44. The highest BCUT2D eigenvalue weighted by Crippen LogP contribution is 2.24. The van der Waals surface area contributed by atoms with Gasteiger partial charge < -0.3 is 0 Å². The van der Waals surface area contributed by atoms with Crippen LogP contribution >= 0.6 is 0 Å².